The number of rotatable bonds is 4. The van der Waals surface area contributed by atoms with Crippen molar-refractivity contribution in [3.05, 3.63) is 164 Å². The summed E-state index contributed by atoms with van der Waals surface area (Å²) in [6, 6.07) is 53.0. The summed E-state index contributed by atoms with van der Waals surface area (Å²) < 4.78 is 6.31. The zero-order chi connectivity index (χ0) is 32.3. The number of hydrogen-bond acceptors (Lipinski definition) is 4. The molecule has 0 aliphatic heterocycles. The van der Waals surface area contributed by atoms with Gasteiger partial charge in [-0.3, -0.25) is 4.98 Å². The molecule has 0 fully saturated rings. The quantitative estimate of drug-likeness (QED) is 0.183. The second kappa shape index (κ2) is 11.0. The molecule has 0 unspecified atom stereocenters. The Labute approximate surface area is 282 Å². The maximum absolute atomic E-state index is 6.31. The summed E-state index contributed by atoms with van der Waals surface area (Å²) in [6.07, 6.45) is 3.67. The highest BCUT2D eigenvalue weighted by Gasteiger charge is 2.16. The number of furan rings is 1. The van der Waals surface area contributed by atoms with Gasteiger partial charge in [0.25, 0.3) is 0 Å². The van der Waals surface area contributed by atoms with Crippen molar-refractivity contribution in [1.82, 2.24) is 15.0 Å². The highest BCUT2D eigenvalue weighted by molar-refractivity contribution is 6.28. The van der Waals surface area contributed by atoms with Crippen LogP contribution in [-0.4, -0.2) is 15.0 Å². The average molecular weight is 626 g/mol. The standard InChI is InChI=1S/C45H27N3O/c1-2-9-29(10-3-1)41-26-42(48-45(47-41)30-18-16-28(17-19-30)32-11-8-22-46-27-32)31-20-21-35-37(23-31)33-12-4-5-13-34(33)39-25-44-40(24-38(35)39)36-14-6-7-15-43(36)49-44/h1-27H. The Morgan fingerprint density at radius 2 is 0.959 bits per heavy atom. The summed E-state index contributed by atoms with van der Waals surface area (Å²) in [4.78, 5) is 14.5. The second-order valence-corrected chi connectivity index (χ2v) is 12.4. The fourth-order valence-corrected chi connectivity index (χ4v) is 7.16. The number of benzene rings is 7. The molecule has 0 aliphatic carbocycles. The molecule has 0 spiro atoms. The molecule has 4 heteroatoms. The number of fused-ring (bicyclic) bond motifs is 9. The van der Waals surface area contributed by atoms with Gasteiger partial charge in [0.15, 0.2) is 5.82 Å². The molecule has 0 aliphatic rings. The van der Waals surface area contributed by atoms with E-state index in [1.807, 2.05) is 42.6 Å². The lowest BCUT2D eigenvalue weighted by molar-refractivity contribution is 0.669. The average Bonchev–Trinajstić information content (AvgIpc) is 3.55. The van der Waals surface area contributed by atoms with E-state index in [-0.39, 0.29) is 0 Å². The van der Waals surface area contributed by atoms with E-state index in [1.165, 1.54) is 32.3 Å². The highest BCUT2D eigenvalue weighted by atomic mass is 16.3. The van der Waals surface area contributed by atoms with Gasteiger partial charge < -0.3 is 4.42 Å². The van der Waals surface area contributed by atoms with E-state index in [0.29, 0.717) is 5.82 Å². The van der Waals surface area contributed by atoms with Crippen LogP contribution in [0, 0.1) is 0 Å². The molecule has 0 bridgehead atoms. The summed E-state index contributed by atoms with van der Waals surface area (Å²) in [5, 5.41) is 9.45. The van der Waals surface area contributed by atoms with Crippen LogP contribution in [-0.2, 0) is 0 Å². The van der Waals surface area contributed by atoms with E-state index < -0.39 is 0 Å². The van der Waals surface area contributed by atoms with Gasteiger partial charge in [-0.2, -0.15) is 0 Å². The molecule has 7 aromatic carbocycles. The molecule has 10 rings (SSSR count). The van der Waals surface area contributed by atoms with Crippen LogP contribution in [0.1, 0.15) is 0 Å². The predicted molar refractivity (Wildman–Crippen MR) is 201 cm³/mol. The predicted octanol–water partition coefficient (Wildman–Crippen LogP) is 11.9. The molecular formula is C45H27N3O. The summed E-state index contributed by atoms with van der Waals surface area (Å²) in [6.45, 7) is 0. The van der Waals surface area contributed by atoms with E-state index >= 15 is 0 Å². The lowest BCUT2D eigenvalue weighted by Gasteiger charge is -2.13. The van der Waals surface area contributed by atoms with E-state index in [0.717, 1.165) is 61.1 Å². The Hall–Kier alpha value is -6.65. The van der Waals surface area contributed by atoms with Gasteiger partial charge >= 0.3 is 0 Å². The molecule has 0 saturated carbocycles. The molecule has 49 heavy (non-hydrogen) atoms. The third-order valence-electron chi connectivity index (χ3n) is 9.56. The van der Waals surface area contributed by atoms with E-state index in [9.17, 15) is 0 Å². The van der Waals surface area contributed by atoms with Crippen molar-refractivity contribution in [2.45, 2.75) is 0 Å². The molecule has 10 aromatic rings. The van der Waals surface area contributed by atoms with Crippen LogP contribution >= 0.6 is 0 Å². The first-order valence-corrected chi connectivity index (χ1v) is 16.4. The molecule has 3 aromatic heterocycles. The number of hydrogen-bond donors (Lipinski definition) is 0. The zero-order valence-corrected chi connectivity index (χ0v) is 26.3. The molecule has 0 atom stereocenters. The van der Waals surface area contributed by atoms with Crippen LogP contribution in [0.3, 0.4) is 0 Å². The van der Waals surface area contributed by atoms with Crippen molar-refractivity contribution < 1.29 is 4.42 Å². The van der Waals surface area contributed by atoms with Gasteiger partial charge in [-0.25, -0.2) is 9.97 Å². The minimum Gasteiger partial charge on any atom is -0.456 e. The first kappa shape index (κ1) is 27.5. The SMILES string of the molecule is c1ccc(-c2cc(-c3ccc4c(c3)c3ccccc3c3cc5oc6ccccc6c5cc43)nc(-c3ccc(-c4cccnc4)cc3)n2)cc1. The largest absolute Gasteiger partial charge is 0.456 e. The van der Waals surface area contributed by atoms with Crippen molar-refractivity contribution >= 4 is 54.3 Å². The summed E-state index contributed by atoms with van der Waals surface area (Å²) in [5.74, 6) is 0.687. The summed E-state index contributed by atoms with van der Waals surface area (Å²) in [5.41, 5.74) is 8.80. The van der Waals surface area contributed by atoms with Crippen LogP contribution < -0.4 is 0 Å². The molecule has 228 valence electrons. The Bertz CT molecular complexity index is 2860. The van der Waals surface area contributed by atoms with Crippen LogP contribution in [0.15, 0.2) is 168 Å². The van der Waals surface area contributed by atoms with E-state index in [2.05, 4.69) is 120 Å². The summed E-state index contributed by atoms with van der Waals surface area (Å²) in [7, 11) is 0. The summed E-state index contributed by atoms with van der Waals surface area (Å²) >= 11 is 0. The molecule has 0 amide bonds. The van der Waals surface area contributed by atoms with Crippen molar-refractivity contribution in [3.63, 3.8) is 0 Å². The lowest BCUT2D eigenvalue weighted by atomic mass is 9.91. The van der Waals surface area contributed by atoms with Crippen LogP contribution in [0.2, 0.25) is 0 Å². The molecule has 0 radical (unpaired) electrons. The maximum Gasteiger partial charge on any atom is 0.160 e. The topological polar surface area (TPSA) is 51.8 Å². The minimum absolute atomic E-state index is 0.687. The number of para-hydroxylation sites is 1. The Balaban J connectivity index is 1.18. The monoisotopic (exact) mass is 625 g/mol. The third-order valence-corrected chi connectivity index (χ3v) is 9.56. The fourth-order valence-electron chi connectivity index (χ4n) is 7.16. The van der Waals surface area contributed by atoms with Crippen molar-refractivity contribution in [2.75, 3.05) is 0 Å². The Morgan fingerprint density at radius 3 is 1.73 bits per heavy atom. The normalized spacial score (nSPS) is 11.7. The first-order chi connectivity index (χ1) is 24.3. The van der Waals surface area contributed by atoms with Gasteiger partial charge in [0.1, 0.15) is 11.2 Å². The minimum atomic E-state index is 0.687. The van der Waals surface area contributed by atoms with Crippen molar-refractivity contribution in [3.8, 4) is 45.0 Å². The molecule has 0 N–H and O–H groups in total. The number of nitrogens with zero attached hydrogens (tertiary/aromatic N) is 3. The van der Waals surface area contributed by atoms with Crippen molar-refractivity contribution in [2.24, 2.45) is 0 Å². The Morgan fingerprint density at radius 1 is 0.347 bits per heavy atom. The maximum atomic E-state index is 6.31. The second-order valence-electron chi connectivity index (χ2n) is 12.4. The molecular weight excluding hydrogens is 599 g/mol. The lowest BCUT2D eigenvalue weighted by Crippen LogP contribution is -1.96. The van der Waals surface area contributed by atoms with Crippen molar-refractivity contribution in [1.29, 1.82) is 0 Å². The van der Waals surface area contributed by atoms with Gasteiger partial charge in [-0.1, -0.05) is 115 Å². The molecule has 0 saturated heterocycles. The van der Waals surface area contributed by atoms with Gasteiger partial charge in [-0.15, -0.1) is 0 Å². The fraction of sp³-hybridized carbons (Fsp3) is 0. The van der Waals surface area contributed by atoms with Gasteiger partial charge in [0.05, 0.1) is 11.4 Å². The molecule has 4 nitrogen and oxygen atoms in total. The van der Waals surface area contributed by atoms with Gasteiger partial charge in [0, 0.05) is 39.9 Å². The first-order valence-electron chi connectivity index (χ1n) is 16.4. The van der Waals surface area contributed by atoms with Gasteiger partial charge in [-0.05, 0) is 79.8 Å². The number of pyridine rings is 1. The highest BCUT2D eigenvalue weighted by Crippen LogP contribution is 2.41. The van der Waals surface area contributed by atoms with E-state index in [1.54, 1.807) is 6.20 Å². The zero-order valence-electron chi connectivity index (χ0n) is 26.3. The molecule has 3 heterocycles. The Kier molecular flexibility index (Phi) is 6.15. The van der Waals surface area contributed by atoms with Crippen LogP contribution in [0.25, 0.3) is 99.3 Å². The van der Waals surface area contributed by atoms with Crippen LogP contribution in [0.5, 0.6) is 0 Å². The number of aromatic nitrogens is 3. The van der Waals surface area contributed by atoms with Gasteiger partial charge in [0.2, 0.25) is 0 Å². The smallest absolute Gasteiger partial charge is 0.160 e. The van der Waals surface area contributed by atoms with Crippen LogP contribution in [0.4, 0.5) is 0 Å². The third kappa shape index (κ3) is 4.57. The van der Waals surface area contributed by atoms with E-state index in [4.69, 9.17) is 14.4 Å².